The molecule has 102 valence electrons. The van der Waals surface area contributed by atoms with Crippen molar-refractivity contribution in [1.29, 1.82) is 0 Å². The molecular weight excluding hydrogens is 236 g/mol. The number of amides is 1. The summed E-state index contributed by atoms with van der Waals surface area (Å²) in [6.07, 6.45) is 2.07. The highest BCUT2D eigenvalue weighted by atomic mass is 32.2. The van der Waals surface area contributed by atoms with Gasteiger partial charge in [-0.25, -0.2) is 0 Å². The third-order valence-corrected chi connectivity index (χ3v) is 3.91. The van der Waals surface area contributed by atoms with Gasteiger partial charge in [0.15, 0.2) is 0 Å². The van der Waals surface area contributed by atoms with Crippen molar-refractivity contribution < 1.29 is 9.00 Å². The van der Waals surface area contributed by atoms with E-state index in [1.807, 2.05) is 20.8 Å². The van der Waals surface area contributed by atoms with E-state index < -0.39 is 10.8 Å². The van der Waals surface area contributed by atoms with Crippen LogP contribution in [0.2, 0.25) is 0 Å². The summed E-state index contributed by atoms with van der Waals surface area (Å²) in [5, 5.41) is 6.05. The number of hydrogen-bond donors (Lipinski definition) is 2. The number of hydrogen-bond acceptors (Lipinski definition) is 3. The highest BCUT2D eigenvalue weighted by Gasteiger charge is 2.14. The van der Waals surface area contributed by atoms with Crippen LogP contribution < -0.4 is 10.6 Å². The molecule has 0 saturated carbocycles. The maximum atomic E-state index is 11.7. The Morgan fingerprint density at radius 1 is 1.29 bits per heavy atom. The number of nitrogens with one attached hydrogen (secondary N) is 2. The lowest BCUT2D eigenvalue weighted by Gasteiger charge is -2.17. The fourth-order valence-corrected chi connectivity index (χ4v) is 2.13. The standard InChI is InChI=1S/C12H26N2O2S/c1-5-7-10(3)14-12(15)11(4)13-8-9-17(16)6-2/h10-11,13H,5-9H2,1-4H3,(H,14,15). The zero-order valence-electron chi connectivity index (χ0n) is 11.4. The Kier molecular flexibility index (Phi) is 9.36. The van der Waals surface area contributed by atoms with Gasteiger partial charge in [0.25, 0.3) is 0 Å². The first kappa shape index (κ1) is 16.6. The van der Waals surface area contributed by atoms with E-state index in [9.17, 15) is 9.00 Å². The van der Waals surface area contributed by atoms with E-state index in [0.717, 1.165) is 12.8 Å². The Labute approximate surface area is 107 Å². The van der Waals surface area contributed by atoms with Gasteiger partial charge in [-0.3, -0.25) is 9.00 Å². The first-order valence-electron chi connectivity index (χ1n) is 6.39. The fourth-order valence-electron chi connectivity index (χ4n) is 1.50. The number of carbonyl (C=O) groups excluding carboxylic acids is 1. The van der Waals surface area contributed by atoms with Gasteiger partial charge in [-0.1, -0.05) is 20.3 Å². The molecule has 0 aliphatic heterocycles. The third kappa shape index (κ3) is 8.32. The summed E-state index contributed by atoms with van der Waals surface area (Å²) in [5.41, 5.74) is 0. The van der Waals surface area contributed by atoms with Gasteiger partial charge in [-0.05, 0) is 20.3 Å². The summed E-state index contributed by atoms with van der Waals surface area (Å²) >= 11 is 0. The van der Waals surface area contributed by atoms with Gasteiger partial charge in [0.2, 0.25) is 5.91 Å². The van der Waals surface area contributed by atoms with Gasteiger partial charge < -0.3 is 10.6 Å². The minimum Gasteiger partial charge on any atom is -0.352 e. The molecule has 17 heavy (non-hydrogen) atoms. The lowest BCUT2D eigenvalue weighted by Crippen LogP contribution is -2.46. The number of carbonyl (C=O) groups is 1. The van der Waals surface area contributed by atoms with Crippen LogP contribution in [0.3, 0.4) is 0 Å². The summed E-state index contributed by atoms with van der Waals surface area (Å²) < 4.78 is 11.2. The molecular formula is C12H26N2O2S. The molecule has 3 unspecified atom stereocenters. The molecule has 0 aromatic carbocycles. The molecule has 2 N–H and O–H groups in total. The normalized spacial score (nSPS) is 16.2. The van der Waals surface area contributed by atoms with Crippen molar-refractivity contribution in [2.75, 3.05) is 18.1 Å². The van der Waals surface area contributed by atoms with E-state index in [0.29, 0.717) is 18.1 Å². The van der Waals surface area contributed by atoms with E-state index in [1.165, 1.54) is 0 Å². The summed E-state index contributed by atoms with van der Waals surface area (Å²) in [6.45, 7) is 8.48. The van der Waals surface area contributed by atoms with Crippen molar-refractivity contribution in [1.82, 2.24) is 10.6 Å². The predicted octanol–water partition coefficient (Wildman–Crippen LogP) is 1.04. The van der Waals surface area contributed by atoms with E-state index in [4.69, 9.17) is 0 Å². The average molecular weight is 262 g/mol. The molecule has 0 spiro atoms. The SMILES string of the molecule is CCCC(C)NC(=O)C(C)NCCS(=O)CC. The van der Waals surface area contributed by atoms with Crippen molar-refractivity contribution in [3.8, 4) is 0 Å². The lowest BCUT2D eigenvalue weighted by atomic mass is 10.2. The highest BCUT2D eigenvalue weighted by molar-refractivity contribution is 7.84. The van der Waals surface area contributed by atoms with Crippen LogP contribution in [0.15, 0.2) is 0 Å². The second-order valence-corrected chi connectivity index (χ2v) is 6.17. The van der Waals surface area contributed by atoms with Crippen molar-refractivity contribution in [3.05, 3.63) is 0 Å². The predicted molar refractivity (Wildman–Crippen MR) is 73.5 cm³/mol. The molecule has 0 aliphatic carbocycles. The van der Waals surface area contributed by atoms with Gasteiger partial charge in [-0.15, -0.1) is 0 Å². The minimum atomic E-state index is -0.765. The quantitative estimate of drug-likeness (QED) is 0.653. The largest absolute Gasteiger partial charge is 0.352 e. The monoisotopic (exact) mass is 262 g/mol. The summed E-state index contributed by atoms with van der Waals surface area (Å²) in [6, 6.07) is 0.00434. The third-order valence-electron chi connectivity index (χ3n) is 2.61. The lowest BCUT2D eigenvalue weighted by molar-refractivity contribution is -0.123. The molecule has 0 bridgehead atoms. The van der Waals surface area contributed by atoms with Crippen molar-refractivity contribution in [2.45, 2.75) is 52.6 Å². The summed E-state index contributed by atoms with van der Waals surface area (Å²) in [4.78, 5) is 11.7. The molecule has 0 rings (SSSR count). The fraction of sp³-hybridized carbons (Fsp3) is 0.917. The maximum absolute atomic E-state index is 11.7. The Hall–Kier alpha value is -0.420. The molecule has 0 fully saturated rings. The Morgan fingerprint density at radius 3 is 2.47 bits per heavy atom. The zero-order chi connectivity index (χ0) is 13.3. The summed E-state index contributed by atoms with van der Waals surface area (Å²) in [5.74, 6) is 1.31. The maximum Gasteiger partial charge on any atom is 0.237 e. The van der Waals surface area contributed by atoms with E-state index >= 15 is 0 Å². The van der Waals surface area contributed by atoms with Crippen LogP contribution in [-0.4, -0.2) is 40.3 Å². The second kappa shape index (κ2) is 9.59. The molecule has 1 amide bonds. The van der Waals surface area contributed by atoms with Crippen LogP contribution in [0.4, 0.5) is 0 Å². The van der Waals surface area contributed by atoms with Crippen molar-refractivity contribution in [3.63, 3.8) is 0 Å². The minimum absolute atomic E-state index is 0.0215. The van der Waals surface area contributed by atoms with Crippen LogP contribution in [0.1, 0.15) is 40.5 Å². The Bertz CT molecular complexity index is 247. The van der Waals surface area contributed by atoms with Crippen LogP contribution >= 0.6 is 0 Å². The van der Waals surface area contributed by atoms with Crippen LogP contribution in [0.5, 0.6) is 0 Å². The molecule has 0 heterocycles. The molecule has 5 heteroatoms. The molecule has 0 saturated heterocycles. The Balaban J connectivity index is 3.78. The molecule has 0 aromatic rings. The van der Waals surface area contributed by atoms with E-state index in [2.05, 4.69) is 17.6 Å². The molecule has 0 aromatic heterocycles. The highest BCUT2D eigenvalue weighted by Crippen LogP contribution is 1.95. The second-order valence-electron chi connectivity index (χ2n) is 4.31. The first-order chi connectivity index (χ1) is 8.01. The van der Waals surface area contributed by atoms with Gasteiger partial charge >= 0.3 is 0 Å². The van der Waals surface area contributed by atoms with E-state index in [1.54, 1.807) is 0 Å². The van der Waals surface area contributed by atoms with Crippen LogP contribution in [0.25, 0.3) is 0 Å². The average Bonchev–Trinajstić information content (AvgIpc) is 2.28. The van der Waals surface area contributed by atoms with Crippen molar-refractivity contribution in [2.24, 2.45) is 0 Å². The number of rotatable bonds is 9. The first-order valence-corrected chi connectivity index (χ1v) is 7.88. The molecule has 0 aliphatic rings. The van der Waals surface area contributed by atoms with Gasteiger partial charge in [-0.2, -0.15) is 0 Å². The van der Waals surface area contributed by atoms with Gasteiger partial charge in [0, 0.05) is 34.9 Å². The smallest absolute Gasteiger partial charge is 0.237 e. The summed E-state index contributed by atoms with van der Waals surface area (Å²) in [7, 11) is -0.765. The molecule has 4 nitrogen and oxygen atoms in total. The zero-order valence-corrected chi connectivity index (χ0v) is 12.2. The van der Waals surface area contributed by atoms with Gasteiger partial charge in [0.1, 0.15) is 0 Å². The molecule has 3 atom stereocenters. The Morgan fingerprint density at radius 2 is 1.94 bits per heavy atom. The van der Waals surface area contributed by atoms with E-state index in [-0.39, 0.29) is 18.0 Å². The van der Waals surface area contributed by atoms with Crippen LogP contribution in [0, 0.1) is 0 Å². The topological polar surface area (TPSA) is 58.2 Å². The van der Waals surface area contributed by atoms with Gasteiger partial charge in [0.05, 0.1) is 6.04 Å². The van der Waals surface area contributed by atoms with Crippen molar-refractivity contribution >= 4 is 16.7 Å². The van der Waals surface area contributed by atoms with Crippen LogP contribution in [-0.2, 0) is 15.6 Å². The molecule has 0 radical (unpaired) electrons.